The first-order valence-electron chi connectivity index (χ1n) is 19.7. The second kappa shape index (κ2) is 17.2. The maximum atomic E-state index is 13.7. The van der Waals surface area contributed by atoms with Crippen molar-refractivity contribution in [1.29, 1.82) is 0 Å². The molecule has 3 amide bonds. The lowest BCUT2D eigenvalue weighted by Gasteiger charge is -2.37. The van der Waals surface area contributed by atoms with Gasteiger partial charge in [-0.1, -0.05) is 6.07 Å². The quantitative estimate of drug-likeness (QED) is 0.182. The van der Waals surface area contributed by atoms with Crippen LogP contribution in [-0.4, -0.2) is 106 Å². The topological polar surface area (TPSA) is 175 Å². The molecule has 4 aliphatic rings. The van der Waals surface area contributed by atoms with Crippen molar-refractivity contribution in [1.82, 2.24) is 34.3 Å². The van der Waals surface area contributed by atoms with Crippen molar-refractivity contribution in [2.45, 2.75) is 80.6 Å². The Morgan fingerprint density at radius 3 is 2.36 bits per heavy atom. The zero-order chi connectivity index (χ0) is 40.8. The molecule has 4 fully saturated rings. The van der Waals surface area contributed by atoms with Crippen molar-refractivity contribution < 1.29 is 41.0 Å². The normalized spacial score (nSPS) is 21.7. The van der Waals surface area contributed by atoms with Gasteiger partial charge in [-0.3, -0.25) is 19.7 Å². The Morgan fingerprint density at radius 2 is 1.69 bits per heavy atom. The molecular weight excluding hydrogens is 815 g/mol. The summed E-state index contributed by atoms with van der Waals surface area (Å²) in [5, 5.41) is 20.8. The van der Waals surface area contributed by atoms with Crippen LogP contribution in [0.5, 0.6) is 5.88 Å². The fourth-order valence-corrected chi connectivity index (χ4v) is 9.98. The predicted molar refractivity (Wildman–Crippen MR) is 214 cm³/mol. The Balaban J connectivity index is 0.00000528. The Hall–Kier alpha value is -4.56. The summed E-state index contributed by atoms with van der Waals surface area (Å²) in [4.78, 5) is 36.0. The number of likely N-dealkylation sites (tertiary alicyclic amines) is 1. The maximum Gasteiger partial charge on any atom is 0.423 e. The fraction of sp³-hybridized carbons (Fsp3) is 0.513. The van der Waals surface area contributed by atoms with E-state index in [4.69, 9.17) is 4.74 Å². The van der Waals surface area contributed by atoms with Crippen molar-refractivity contribution in [3.63, 3.8) is 0 Å². The van der Waals surface area contributed by atoms with Gasteiger partial charge < -0.3 is 20.1 Å². The van der Waals surface area contributed by atoms with Crippen molar-refractivity contribution in [3.05, 3.63) is 59.8 Å². The van der Waals surface area contributed by atoms with Gasteiger partial charge in [0.15, 0.2) is 5.82 Å². The van der Waals surface area contributed by atoms with E-state index in [2.05, 4.69) is 42.7 Å². The number of aliphatic hydroxyl groups is 1. The average Bonchev–Trinajstić information content (AvgIpc) is 3.75. The van der Waals surface area contributed by atoms with E-state index < -0.39 is 45.9 Å². The molecule has 0 spiro atoms. The maximum absolute atomic E-state index is 13.7. The number of ether oxygens (including phenoxy) is 1. The van der Waals surface area contributed by atoms with Gasteiger partial charge in [0.25, 0.3) is 0 Å². The van der Waals surface area contributed by atoms with E-state index in [-0.39, 0.29) is 35.6 Å². The number of sulfonamides is 1. The monoisotopic (exact) mass is 861 g/mol. The Labute approximate surface area is 345 Å². The van der Waals surface area contributed by atoms with Crippen LogP contribution in [-0.2, 0) is 28.0 Å². The zero-order valence-corrected chi connectivity index (χ0v) is 34.0. The minimum atomic E-state index is -4.76. The molecule has 3 aliphatic heterocycles. The number of carbonyl (C=O) groups excluding carboxylic acids is 2. The minimum absolute atomic E-state index is 0. The highest BCUT2D eigenvalue weighted by atomic mass is 35.5. The number of aromatic nitrogens is 4. The third kappa shape index (κ3) is 9.13. The zero-order valence-electron chi connectivity index (χ0n) is 32.4. The second-order valence-corrected chi connectivity index (χ2v) is 17.6. The SMILES string of the molecule is Cl.Cn1nc(N2CCC(=O)NC2=O)c2ccc(C3CCN(CC4CCN(S(=O)(=O)c5ccc(Nc6ncc(C(F)(F)F)c(O[C@@H]7CCC[C@@H]7O)n6)cc5)CC4)CC3)cc21. The number of carbonyl (C=O) groups is 2. The number of benzene rings is 2. The molecular formula is C39H47ClF3N9O6S. The van der Waals surface area contributed by atoms with E-state index in [1.807, 2.05) is 13.1 Å². The van der Waals surface area contributed by atoms with Crippen LogP contribution in [0.25, 0.3) is 10.9 Å². The van der Waals surface area contributed by atoms with Gasteiger partial charge in [0, 0.05) is 56.9 Å². The molecule has 4 aromatic rings. The number of imide groups is 1. The smallest absolute Gasteiger partial charge is 0.423 e. The molecule has 8 rings (SSSR count). The molecule has 2 aromatic carbocycles. The standard InChI is InChI=1S/C39H46F3N9O6S.ClH/c1-48-31-21-26(5-10-29(31)35(47-48)51-20-15-34(53)45-38(51)54)25-13-16-49(17-14-25)23-24-11-18-50(19-12-24)58(55,56)28-8-6-27(7-9-28)44-37-43-22-30(39(40,41)42)36(46-37)57-33-4-2-3-32(33)52;/h5-10,21-22,24-25,32-33,52H,2-4,11-20,23H2,1H3,(H,43,44,46)(H,45,53,54);1H/t32-,33+;/m0./s1. The van der Waals surface area contributed by atoms with Crippen LogP contribution in [0.2, 0.25) is 0 Å². The highest BCUT2D eigenvalue weighted by Gasteiger charge is 2.39. The van der Waals surface area contributed by atoms with Crippen molar-refractivity contribution in [2.75, 3.05) is 49.5 Å². The summed E-state index contributed by atoms with van der Waals surface area (Å²) in [7, 11) is -1.91. The lowest BCUT2D eigenvalue weighted by Crippen LogP contribution is -2.49. The van der Waals surface area contributed by atoms with Gasteiger partial charge in [0.05, 0.1) is 16.5 Å². The molecule has 2 atom stereocenters. The number of amides is 3. The molecule has 318 valence electrons. The van der Waals surface area contributed by atoms with E-state index in [1.165, 1.54) is 39.0 Å². The molecule has 0 unspecified atom stereocenters. The van der Waals surface area contributed by atoms with E-state index in [1.54, 1.807) is 4.68 Å². The van der Waals surface area contributed by atoms with Crippen LogP contribution >= 0.6 is 12.4 Å². The Morgan fingerprint density at radius 1 is 0.966 bits per heavy atom. The molecule has 0 radical (unpaired) electrons. The van der Waals surface area contributed by atoms with Gasteiger partial charge >= 0.3 is 12.2 Å². The molecule has 20 heteroatoms. The number of alkyl halides is 3. The largest absolute Gasteiger partial charge is 0.471 e. The summed E-state index contributed by atoms with van der Waals surface area (Å²) in [6, 6.07) is 11.8. The molecule has 15 nitrogen and oxygen atoms in total. The number of urea groups is 1. The number of nitrogens with zero attached hydrogens (tertiary/aromatic N) is 7. The first kappa shape index (κ1) is 42.6. The van der Waals surface area contributed by atoms with Crippen molar-refractivity contribution in [2.24, 2.45) is 13.0 Å². The number of hydrogen-bond acceptors (Lipinski definition) is 11. The summed E-state index contributed by atoms with van der Waals surface area (Å²) in [5.74, 6) is 0.179. The van der Waals surface area contributed by atoms with Crippen LogP contribution < -0.4 is 20.3 Å². The van der Waals surface area contributed by atoms with Gasteiger partial charge in [-0.05, 0) is 112 Å². The molecule has 59 heavy (non-hydrogen) atoms. The second-order valence-electron chi connectivity index (χ2n) is 15.6. The van der Waals surface area contributed by atoms with Crippen molar-refractivity contribution >= 4 is 62.7 Å². The average molecular weight is 862 g/mol. The lowest BCUT2D eigenvalue weighted by atomic mass is 9.88. The van der Waals surface area contributed by atoms with Gasteiger partial charge in [-0.15, -0.1) is 12.4 Å². The minimum Gasteiger partial charge on any atom is -0.471 e. The Kier molecular flexibility index (Phi) is 12.4. The van der Waals surface area contributed by atoms with Crippen LogP contribution in [0.3, 0.4) is 0 Å². The van der Waals surface area contributed by atoms with Crippen LogP contribution in [0.1, 0.15) is 68.4 Å². The third-order valence-electron chi connectivity index (χ3n) is 11.8. The van der Waals surface area contributed by atoms with Crippen LogP contribution in [0, 0.1) is 5.92 Å². The fourth-order valence-electron chi connectivity index (χ4n) is 8.51. The number of anilines is 3. The highest BCUT2D eigenvalue weighted by molar-refractivity contribution is 7.89. The summed E-state index contributed by atoms with van der Waals surface area (Å²) in [6.45, 7) is 3.89. The number of nitrogens with one attached hydrogen (secondary N) is 2. The van der Waals surface area contributed by atoms with E-state index >= 15 is 0 Å². The summed E-state index contributed by atoms with van der Waals surface area (Å²) in [5.41, 5.74) is 1.40. The van der Waals surface area contributed by atoms with Crippen molar-refractivity contribution in [3.8, 4) is 5.88 Å². The van der Waals surface area contributed by atoms with Crippen LogP contribution in [0.15, 0.2) is 53.6 Å². The van der Waals surface area contributed by atoms with Gasteiger partial charge in [0.2, 0.25) is 27.8 Å². The molecule has 1 saturated carbocycles. The summed E-state index contributed by atoms with van der Waals surface area (Å²) in [6.07, 6.45) is -0.638. The first-order chi connectivity index (χ1) is 27.7. The number of aliphatic hydroxyl groups excluding tert-OH is 1. The number of piperidine rings is 2. The summed E-state index contributed by atoms with van der Waals surface area (Å²) < 4.78 is 76.9. The molecule has 3 N–H and O–H groups in total. The molecule has 2 aromatic heterocycles. The van der Waals surface area contributed by atoms with E-state index in [0.717, 1.165) is 56.2 Å². The van der Waals surface area contributed by atoms with Gasteiger partial charge in [0.1, 0.15) is 11.7 Å². The van der Waals surface area contributed by atoms with Gasteiger partial charge in [-0.2, -0.15) is 27.6 Å². The highest BCUT2D eigenvalue weighted by Crippen LogP contribution is 2.38. The van der Waals surface area contributed by atoms with E-state index in [0.29, 0.717) is 68.4 Å². The third-order valence-corrected chi connectivity index (χ3v) is 13.7. The molecule has 0 bridgehead atoms. The molecule has 5 heterocycles. The lowest BCUT2D eigenvalue weighted by molar-refractivity contribution is -0.140. The number of hydrogen-bond donors (Lipinski definition) is 3. The summed E-state index contributed by atoms with van der Waals surface area (Å²) >= 11 is 0. The predicted octanol–water partition coefficient (Wildman–Crippen LogP) is 5.57. The Bertz CT molecular complexity index is 2280. The number of fused-ring (bicyclic) bond motifs is 1. The van der Waals surface area contributed by atoms with Crippen LogP contribution in [0.4, 0.5) is 35.4 Å². The number of aryl methyl sites for hydroxylation is 1. The van der Waals surface area contributed by atoms with E-state index in [9.17, 15) is 36.3 Å². The molecule has 3 saturated heterocycles. The van der Waals surface area contributed by atoms with Gasteiger partial charge in [-0.25, -0.2) is 18.2 Å². The first-order valence-corrected chi connectivity index (χ1v) is 21.1. The number of rotatable bonds is 10. The molecule has 1 aliphatic carbocycles. The number of halogens is 4.